The molecule has 1 heterocycles. The normalized spacial score (nSPS) is 16.4. The first-order chi connectivity index (χ1) is 13.5. The molecule has 0 aromatic heterocycles. The van der Waals surface area contributed by atoms with Crippen LogP contribution in [0.2, 0.25) is 5.02 Å². The van der Waals surface area contributed by atoms with E-state index >= 15 is 0 Å². The van der Waals surface area contributed by atoms with Crippen molar-refractivity contribution in [1.82, 2.24) is 9.80 Å². The lowest BCUT2D eigenvalue weighted by Crippen LogP contribution is -2.53. The van der Waals surface area contributed by atoms with Crippen molar-refractivity contribution >= 4 is 34.8 Å². The van der Waals surface area contributed by atoms with E-state index in [0.717, 1.165) is 31.9 Å². The van der Waals surface area contributed by atoms with E-state index < -0.39 is 0 Å². The van der Waals surface area contributed by atoms with Gasteiger partial charge in [-0.25, -0.2) is 0 Å². The van der Waals surface area contributed by atoms with E-state index in [-0.39, 0.29) is 17.9 Å². The Balaban J connectivity index is 1.44. The number of amides is 2. The van der Waals surface area contributed by atoms with Crippen LogP contribution in [0.5, 0.6) is 0 Å². The number of carbonyl (C=O) groups excluding carboxylic acids is 2. The molecule has 1 aliphatic heterocycles. The van der Waals surface area contributed by atoms with Gasteiger partial charge in [0.1, 0.15) is 0 Å². The largest absolute Gasteiger partial charge is 0.325 e. The molecule has 6 nitrogen and oxygen atoms in total. The zero-order valence-electron chi connectivity index (χ0n) is 15.9. The molecule has 2 aromatic carbocycles. The van der Waals surface area contributed by atoms with Gasteiger partial charge in [0.15, 0.2) is 0 Å². The van der Waals surface area contributed by atoms with Gasteiger partial charge < -0.3 is 10.6 Å². The van der Waals surface area contributed by atoms with Crippen LogP contribution in [0.15, 0.2) is 54.6 Å². The van der Waals surface area contributed by atoms with Crippen molar-refractivity contribution in [2.75, 3.05) is 43.4 Å². The summed E-state index contributed by atoms with van der Waals surface area (Å²) in [5, 5.41) is 6.32. The van der Waals surface area contributed by atoms with Crippen LogP contribution < -0.4 is 10.6 Å². The van der Waals surface area contributed by atoms with Gasteiger partial charge in [-0.2, -0.15) is 0 Å². The van der Waals surface area contributed by atoms with Crippen LogP contribution in [0, 0.1) is 0 Å². The Hall–Kier alpha value is -2.41. The number of halogens is 1. The Kier molecular flexibility index (Phi) is 7.03. The fourth-order valence-electron chi connectivity index (χ4n) is 3.20. The van der Waals surface area contributed by atoms with Gasteiger partial charge >= 0.3 is 0 Å². The van der Waals surface area contributed by atoms with Gasteiger partial charge in [0, 0.05) is 31.9 Å². The average Bonchev–Trinajstić information content (AvgIpc) is 2.70. The second-order valence-electron chi connectivity index (χ2n) is 6.87. The quantitative estimate of drug-likeness (QED) is 0.782. The second kappa shape index (κ2) is 9.68. The van der Waals surface area contributed by atoms with Crippen molar-refractivity contribution in [2.24, 2.45) is 0 Å². The zero-order chi connectivity index (χ0) is 19.9. The first kappa shape index (κ1) is 20.3. The van der Waals surface area contributed by atoms with E-state index in [2.05, 4.69) is 20.4 Å². The predicted octanol–water partition coefficient (Wildman–Crippen LogP) is 2.92. The molecule has 2 aromatic rings. The van der Waals surface area contributed by atoms with E-state index in [1.54, 1.807) is 12.1 Å². The van der Waals surface area contributed by atoms with E-state index in [1.807, 2.05) is 49.4 Å². The van der Waals surface area contributed by atoms with E-state index in [9.17, 15) is 9.59 Å². The molecule has 1 saturated heterocycles. The van der Waals surface area contributed by atoms with Crippen LogP contribution in [-0.2, 0) is 9.59 Å². The second-order valence-corrected chi connectivity index (χ2v) is 7.28. The average molecular weight is 401 g/mol. The molecule has 0 bridgehead atoms. The molecule has 0 spiro atoms. The molecule has 1 fully saturated rings. The molecule has 1 atom stereocenters. The van der Waals surface area contributed by atoms with Crippen LogP contribution in [0.1, 0.15) is 6.92 Å². The molecule has 148 valence electrons. The summed E-state index contributed by atoms with van der Waals surface area (Å²) in [5.41, 5.74) is 1.42. The summed E-state index contributed by atoms with van der Waals surface area (Å²) in [6, 6.07) is 16.4. The van der Waals surface area contributed by atoms with Crippen LogP contribution in [-0.4, -0.2) is 60.4 Å². The number of benzene rings is 2. The molecule has 1 aliphatic rings. The highest BCUT2D eigenvalue weighted by Crippen LogP contribution is 2.20. The monoisotopic (exact) mass is 400 g/mol. The summed E-state index contributed by atoms with van der Waals surface area (Å²) >= 11 is 6.08. The third kappa shape index (κ3) is 5.55. The summed E-state index contributed by atoms with van der Waals surface area (Å²) in [5.74, 6) is -0.104. The number of nitrogens with one attached hydrogen (secondary N) is 2. The molecular weight excluding hydrogens is 376 g/mol. The Morgan fingerprint density at radius 1 is 0.964 bits per heavy atom. The molecule has 3 rings (SSSR count). The van der Waals surface area contributed by atoms with Crippen LogP contribution in [0.3, 0.4) is 0 Å². The Morgan fingerprint density at radius 2 is 1.61 bits per heavy atom. The summed E-state index contributed by atoms with van der Waals surface area (Å²) in [7, 11) is 0. The highest BCUT2D eigenvalue weighted by Gasteiger charge is 2.26. The first-order valence-electron chi connectivity index (χ1n) is 9.39. The lowest BCUT2D eigenvalue weighted by atomic mass is 10.2. The minimum Gasteiger partial charge on any atom is -0.325 e. The molecule has 7 heteroatoms. The highest BCUT2D eigenvalue weighted by molar-refractivity contribution is 6.33. The number of hydrogen-bond acceptors (Lipinski definition) is 4. The number of piperazine rings is 1. The standard InChI is InChI=1S/C21H25ClN4O2/c1-16(21(28)23-17-7-3-2-4-8-17)26-13-11-25(12-14-26)15-20(27)24-19-10-6-5-9-18(19)22/h2-10,16H,11-15H2,1H3,(H,23,28)(H,24,27). The maximum absolute atomic E-state index is 12.5. The molecule has 0 aliphatic carbocycles. The maximum Gasteiger partial charge on any atom is 0.241 e. The molecule has 1 unspecified atom stereocenters. The third-order valence-corrected chi connectivity index (χ3v) is 5.22. The Morgan fingerprint density at radius 3 is 2.29 bits per heavy atom. The van der Waals surface area contributed by atoms with Gasteiger partial charge in [-0.3, -0.25) is 19.4 Å². The Bertz CT molecular complexity index is 807. The van der Waals surface area contributed by atoms with Gasteiger partial charge in [-0.1, -0.05) is 41.9 Å². The molecule has 0 radical (unpaired) electrons. The smallest absolute Gasteiger partial charge is 0.241 e. The molecule has 2 N–H and O–H groups in total. The minimum absolute atomic E-state index is 0.0175. The summed E-state index contributed by atoms with van der Waals surface area (Å²) in [6.07, 6.45) is 0. The lowest BCUT2D eigenvalue weighted by molar-refractivity contribution is -0.122. The zero-order valence-corrected chi connectivity index (χ0v) is 16.7. The molecule has 0 saturated carbocycles. The molecule has 2 amide bonds. The van der Waals surface area contributed by atoms with Crippen molar-refractivity contribution in [2.45, 2.75) is 13.0 Å². The van der Waals surface area contributed by atoms with E-state index in [4.69, 9.17) is 11.6 Å². The topological polar surface area (TPSA) is 64.7 Å². The number of carbonyl (C=O) groups is 2. The van der Waals surface area contributed by atoms with Gasteiger partial charge in [0.25, 0.3) is 0 Å². The highest BCUT2D eigenvalue weighted by atomic mass is 35.5. The fourth-order valence-corrected chi connectivity index (χ4v) is 3.38. The fraction of sp³-hybridized carbons (Fsp3) is 0.333. The Labute approximate surface area is 170 Å². The van der Waals surface area contributed by atoms with Crippen molar-refractivity contribution < 1.29 is 9.59 Å². The van der Waals surface area contributed by atoms with Gasteiger partial charge in [-0.15, -0.1) is 0 Å². The van der Waals surface area contributed by atoms with Crippen molar-refractivity contribution in [3.8, 4) is 0 Å². The first-order valence-corrected chi connectivity index (χ1v) is 9.77. The van der Waals surface area contributed by atoms with Gasteiger partial charge in [0.05, 0.1) is 23.3 Å². The van der Waals surface area contributed by atoms with E-state index in [0.29, 0.717) is 17.3 Å². The summed E-state index contributed by atoms with van der Waals surface area (Å²) in [4.78, 5) is 29.0. The van der Waals surface area contributed by atoms with Gasteiger partial charge in [-0.05, 0) is 31.2 Å². The van der Waals surface area contributed by atoms with Crippen molar-refractivity contribution in [3.63, 3.8) is 0 Å². The summed E-state index contributed by atoms with van der Waals surface area (Å²) in [6.45, 7) is 5.17. The molecular formula is C21H25ClN4O2. The molecule has 28 heavy (non-hydrogen) atoms. The number of hydrogen-bond donors (Lipinski definition) is 2. The summed E-state index contributed by atoms with van der Waals surface area (Å²) < 4.78 is 0. The SMILES string of the molecule is CC(C(=O)Nc1ccccc1)N1CCN(CC(=O)Nc2ccccc2Cl)CC1. The van der Waals surface area contributed by atoms with Crippen LogP contribution in [0.25, 0.3) is 0 Å². The lowest BCUT2D eigenvalue weighted by Gasteiger charge is -2.37. The number of para-hydroxylation sites is 2. The van der Waals surface area contributed by atoms with E-state index in [1.165, 1.54) is 0 Å². The van der Waals surface area contributed by atoms with Crippen LogP contribution >= 0.6 is 11.6 Å². The van der Waals surface area contributed by atoms with Crippen molar-refractivity contribution in [3.05, 3.63) is 59.6 Å². The maximum atomic E-state index is 12.5. The number of rotatable bonds is 6. The van der Waals surface area contributed by atoms with Crippen LogP contribution in [0.4, 0.5) is 11.4 Å². The third-order valence-electron chi connectivity index (χ3n) is 4.89. The predicted molar refractivity (Wildman–Crippen MR) is 113 cm³/mol. The van der Waals surface area contributed by atoms with Crippen molar-refractivity contribution in [1.29, 1.82) is 0 Å². The minimum atomic E-state index is -0.223. The number of anilines is 2. The van der Waals surface area contributed by atoms with Gasteiger partial charge in [0.2, 0.25) is 11.8 Å². The number of nitrogens with zero attached hydrogens (tertiary/aromatic N) is 2.